The summed E-state index contributed by atoms with van der Waals surface area (Å²) in [6.45, 7) is 15.6. The Morgan fingerprint density at radius 3 is 2.27 bits per heavy atom. The molecule has 1 saturated heterocycles. The number of hydrogen-bond donors (Lipinski definition) is 6. The van der Waals surface area contributed by atoms with E-state index in [1.807, 2.05) is 0 Å². The van der Waals surface area contributed by atoms with Crippen molar-refractivity contribution in [1.82, 2.24) is 0 Å². The third-order valence-corrected chi connectivity index (χ3v) is 14.5. The Morgan fingerprint density at radius 2 is 1.62 bits per heavy atom. The Hall–Kier alpha value is -1.82. The largest absolute Gasteiger partial charge is 0.481 e. The lowest BCUT2D eigenvalue weighted by atomic mass is 9.33. The first-order valence-corrected chi connectivity index (χ1v) is 16.7. The van der Waals surface area contributed by atoms with Crippen LogP contribution in [0.25, 0.3) is 0 Å². The average molecular weight is 633 g/mol. The number of fused-ring (bicyclic) bond motifs is 7. The van der Waals surface area contributed by atoms with Crippen molar-refractivity contribution in [2.24, 2.45) is 44.8 Å². The zero-order valence-electron chi connectivity index (χ0n) is 27.2. The number of aliphatic hydroxyl groups excluding tert-OH is 4. The van der Waals surface area contributed by atoms with Gasteiger partial charge in [-0.1, -0.05) is 58.4 Å². The maximum absolute atomic E-state index is 12.8. The van der Waals surface area contributed by atoms with Gasteiger partial charge in [-0.2, -0.15) is 0 Å². The standard InChI is InChI=1S/C35H52O10/c1-17-9-14-35(30(42)43)19(15-17)18-7-8-21-32(4)12-11-23(44-29-26(39)24(37)25(38)27(45-29)28(40)41)31(2,3)20(32)10-13-33(21,5)34(18,6)16-22(35)36/h7,19-27,29,36-39H,1,8-16H2,2-6H3,(H,40,41)(H,42,43). The Morgan fingerprint density at radius 1 is 0.933 bits per heavy atom. The Balaban J connectivity index is 1.30. The molecule has 252 valence electrons. The molecule has 45 heavy (non-hydrogen) atoms. The molecule has 0 radical (unpaired) electrons. The molecule has 0 amide bonds. The second-order valence-corrected chi connectivity index (χ2v) is 16.6. The maximum Gasteiger partial charge on any atom is 0.335 e. The van der Waals surface area contributed by atoms with Gasteiger partial charge in [-0.25, -0.2) is 4.79 Å². The molecule has 0 aromatic heterocycles. The third kappa shape index (κ3) is 4.35. The first-order chi connectivity index (χ1) is 20.9. The number of carbonyl (C=O) groups is 2. The van der Waals surface area contributed by atoms with Gasteiger partial charge in [-0.05, 0) is 91.3 Å². The van der Waals surface area contributed by atoms with E-state index in [1.54, 1.807) is 0 Å². The topological polar surface area (TPSA) is 174 Å². The van der Waals surface area contributed by atoms with Crippen LogP contribution in [0.1, 0.15) is 92.4 Å². The molecule has 6 N–H and O–H groups in total. The number of aliphatic hydroxyl groups is 4. The lowest BCUT2D eigenvalue weighted by molar-refractivity contribution is -0.324. The second-order valence-electron chi connectivity index (χ2n) is 16.6. The van der Waals surface area contributed by atoms with Gasteiger partial charge in [0.15, 0.2) is 12.4 Å². The summed E-state index contributed by atoms with van der Waals surface area (Å²) in [7, 11) is 0. The Bertz CT molecular complexity index is 1290. The molecule has 14 unspecified atom stereocenters. The fourth-order valence-corrected chi connectivity index (χ4v) is 11.8. The molecule has 0 aromatic rings. The summed E-state index contributed by atoms with van der Waals surface area (Å²) >= 11 is 0. The van der Waals surface area contributed by atoms with E-state index in [4.69, 9.17) is 9.47 Å². The zero-order chi connectivity index (χ0) is 33.1. The van der Waals surface area contributed by atoms with E-state index in [9.17, 15) is 40.2 Å². The normalized spacial score (nSPS) is 52.4. The van der Waals surface area contributed by atoms with Gasteiger partial charge in [0.25, 0.3) is 0 Å². The summed E-state index contributed by atoms with van der Waals surface area (Å²) in [6, 6.07) is 0. The molecule has 0 bridgehead atoms. The number of allylic oxidation sites excluding steroid dienone is 3. The molecule has 5 fully saturated rings. The summed E-state index contributed by atoms with van der Waals surface area (Å²) in [4.78, 5) is 24.5. The molecule has 1 heterocycles. The second kappa shape index (κ2) is 10.6. The minimum absolute atomic E-state index is 0.102. The van der Waals surface area contributed by atoms with E-state index in [-0.39, 0.29) is 40.1 Å². The fourth-order valence-electron chi connectivity index (χ4n) is 11.8. The van der Waals surface area contributed by atoms with E-state index < -0.39 is 59.6 Å². The number of aliphatic carboxylic acids is 2. The predicted molar refractivity (Wildman–Crippen MR) is 163 cm³/mol. The smallest absolute Gasteiger partial charge is 0.335 e. The Labute approximate surface area is 265 Å². The van der Waals surface area contributed by atoms with Crippen molar-refractivity contribution in [2.45, 2.75) is 135 Å². The third-order valence-electron chi connectivity index (χ3n) is 14.5. The quantitative estimate of drug-likeness (QED) is 0.198. The van der Waals surface area contributed by atoms with Crippen LogP contribution in [0.3, 0.4) is 0 Å². The zero-order valence-corrected chi connectivity index (χ0v) is 27.2. The van der Waals surface area contributed by atoms with Crippen molar-refractivity contribution >= 4 is 11.9 Å². The fraction of sp³-hybridized carbons (Fsp3) is 0.829. The lowest BCUT2D eigenvalue weighted by Crippen LogP contribution is -2.67. The molecule has 4 saturated carbocycles. The van der Waals surface area contributed by atoms with Crippen LogP contribution in [0.4, 0.5) is 0 Å². The average Bonchev–Trinajstić information content (AvgIpc) is 2.94. The molecule has 5 aliphatic carbocycles. The van der Waals surface area contributed by atoms with Crippen molar-refractivity contribution in [3.05, 3.63) is 23.8 Å². The molecule has 10 nitrogen and oxygen atoms in total. The number of ether oxygens (including phenoxy) is 2. The molecular formula is C35H52O10. The summed E-state index contributed by atoms with van der Waals surface area (Å²) in [5.41, 5.74) is 0.0388. The number of hydrogen-bond acceptors (Lipinski definition) is 8. The predicted octanol–water partition coefficient (Wildman–Crippen LogP) is 3.65. The van der Waals surface area contributed by atoms with Crippen LogP contribution in [-0.4, -0.2) is 85.5 Å². The summed E-state index contributed by atoms with van der Waals surface area (Å²) in [5.74, 6) is -2.11. The number of rotatable bonds is 4. The number of carboxylic acid groups (broad SMARTS) is 2. The van der Waals surface area contributed by atoms with Crippen molar-refractivity contribution < 1.29 is 49.7 Å². The van der Waals surface area contributed by atoms with Crippen LogP contribution in [0, 0.1) is 44.8 Å². The maximum atomic E-state index is 12.8. The van der Waals surface area contributed by atoms with Crippen LogP contribution < -0.4 is 0 Å². The molecule has 1 aliphatic heterocycles. The minimum Gasteiger partial charge on any atom is -0.481 e. The summed E-state index contributed by atoms with van der Waals surface area (Å²) < 4.78 is 11.8. The van der Waals surface area contributed by atoms with Crippen molar-refractivity contribution in [1.29, 1.82) is 0 Å². The van der Waals surface area contributed by atoms with E-state index in [0.717, 1.165) is 31.3 Å². The van der Waals surface area contributed by atoms with Gasteiger partial charge in [0.2, 0.25) is 0 Å². The van der Waals surface area contributed by atoms with Gasteiger partial charge in [0, 0.05) is 5.92 Å². The van der Waals surface area contributed by atoms with Crippen molar-refractivity contribution in [3.8, 4) is 0 Å². The van der Waals surface area contributed by atoms with Gasteiger partial charge in [0.1, 0.15) is 23.7 Å². The van der Waals surface area contributed by atoms with Gasteiger partial charge < -0.3 is 40.1 Å². The Kier molecular flexibility index (Phi) is 7.79. The van der Waals surface area contributed by atoms with Crippen molar-refractivity contribution in [2.75, 3.05) is 0 Å². The SMILES string of the molecule is C=C1CCC2(C(=O)O)C(O)CC3(C)C(=CCC4C5(C)CCC(OC6OC(C(=O)O)C(O)C(O)C6O)C(C)(C)C5CCC43C)C2C1. The summed E-state index contributed by atoms with van der Waals surface area (Å²) in [5, 5.41) is 63.0. The molecule has 6 rings (SSSR count). The van der Waals surface area contributed by atoms with E-state index in [1.165, 1.54) is 5.57 Å². The molecule has 0 spiro atoms. The monoisotopic (exact) mass is 632 g/mol. The van der Waals surface area contributed by atoms with Crippen LogP contribution in [0.5, 0.6) is 0 Å². The van der Waals surface area contributed by atoms with Crippen LogP contribution in [0.15, 0.2) is 23.8 Å². The highest BCUT2D eigenvalue weighted by Gasteiger charge is 2.71. The molecule has 6 aliphatic rings. The highest BCUT2D eigenvalue weighted by atomic mass is 16.7. The minimum atomic E-state index is -1.77. The summed E-state index contributed by atoms with van der Waals surface area (Å²) in [6.07, 6.45) is -1.04. The van der Waals surface area contributed by atoms with E-state index >= 15 is 0 Å². The van der Waals surface area contributed by atoms with Gasteiger partial charge >= 0.3 is 11.9 Å². The van der Waals surface area contributed by atoms with Crippen LogP contribution >= 0.6 is 0 Å². The molecule has 10 heteroatoms. The van der Waals surface area contributed by atoms with Crippen LogP contribution in [-0.2, 0) is 19.1 Å². The van der Waals surface area contributed by atoms with Crippen molar-refractivity contribution in [3.63, 3.8) is 0 Å². The van der Waals surface area contributed by atoms with Gasteiger partial charge in [-0.15, -0.1) is 0 Å². The van der Waals surface area contributed by atoms with E-state index in [0.29, 0.717) is 32.1 Å². The molecule has 14 atom stereocenters. The lowest BCUT2D eigenvalue weighted by Gasteiger charge is -2.71. The van der Waals surface area contributed by atoms with Crippen LogP contribution in [0.2, 0.25) is 0 Å². The van der Waals surface area contributed by atoms with Gasteiger partial charge in [0.05, 0.1) is 12.2 Å². The van der Waals surface area contributed by atoms with Gasteiger partial charge in [-0.3, -0.25) is 4.79 Å². The first kappa shape index (κ1) is 33.1. The molecule has 0 aromatic carbocycles. The highest BCUT2D eigenvalue weighted by molar-refractivity contribution is 5.78. The number of carboxylic acids is 2. The van der Waals surface area contributed by atoms with E-state index in [2.05, 4.69) is 47.3 Å². The highest BCUT2D eigenvalue weighted by Crippen LogP contribution is 2.75. The molecular weight excluding hydrogens is 580 g/mol. The first-order valence-electron chi connectivity index (χ1n) is 16.7.